The van der Waals surface area contributed by atoms with Gasteiger partial charge in [0.05, 0.1) is 35.5 Å². The van der Waals surface area contributed by atoms with E-state index in [0.717, 1.165) is 12.1 Å². The summed E-state index contributed by atoms with van der Waals surface area (Å²) in [5.74, 6) is -3.24. The summed E-state index contributed by atoms with van der Waals surface area (Å²) in [6.07, 6.45) is -4.25. The van der Waals surface area contributed by atoms with E-state index >= 15 is 0 Å². The molecule has 0 fully saturated rings. The lowest BCUT2D eigenvalue weighted by Crippen LogP contribution is -2.27. The van der Waals surface area contributed by atoms with Gasteiger partial charge in [0.25, 0.3) is 5.91 Å². The van der Waals surface area contributed by atoms with Gasteiger partial charge in [0.1, 0.15) is 5.69 Å². The van der Waals surface area contributed by atoms with Crippen molar-refractivity contribution < 1.29 is 31.3 Å². The van der Waals surface area contributed by atoms with Gasteiger partial charge in [0, 0.05) is 24.9 Å². The molecular weight excluding hydrogens is 417 g/mol. The highest BCUT2D eigenvalue weighted by Gasteiger charge is 2.28. The van der Waals surface area contributed by atoms with E-state index in [4.69, 9.17) is 11.6 Å². The molecule has 0 spiro atoms. The van der Waals surface area contributed by atoms with Crippen molar-refractivity contribution in [1.29, 1.82) is 0 Å². The van der Waals surface area contributed by atoms with Gasteiger partial charge in [0.2, 0.25) is 0 Å². The molecule has 2 N–H and O–H groups in total. The van der Waals surface area contributed by atoms with Gasteiger partial charge in [-0.15, -0.1) is 4.72 Å². The summed E-state index contributed by atoms with van der Waals surface area (Å²) in [5, 5.41) is 1.78. The van der Waals surface area contributed by atoms with E-state index in [1.165, 1.54) is 23.9 Å². The SMILES string of the molecule is Cn1cc([S+]([O-])NCCC(F)(F)F)cc1C(=O)Nc1cc(F)c(F)c(Cl)c1. The predicted molar refractivity (Wildman–Crippen MR) is 89.8 cm³/mol. The van der Waals surface area contributed by atoms with Crippen molar-refractivity contribution in [2.75, 3.05) is 11.9 Å². The number of nitrogens with zero attached hydrogens (tertiary/aromatic N) is 1. The minimum absolute atomic E-state index is 0.00294. The van der Waals surface area contributed by atoms with Crippen molar-refractivity contribution in [3.63, 3.8) is 0 Å². The topological polar surface area (TPSA) is 69.1 Å². The number of rotatable bonds is 6. The van der Waals surface area contributed by atoms with E-state index in [9.17, 15) is 31.3 Å². The maximum absolute atomic E-state index is 13.3. The Morgan fingerprint density at radius 3 is 2.56 bits per heavy atom. The molecule has 1 aromatic carbocycles. The van der Waals surface area contributed by atoms with Crippen LogP contribution >= 0.6 is 11.6 Å². The molecule has 148 valence electrons. The van der Waals surface area contributed by atoms with Crippen molar-refractivity contribution in [2.24, 2.45) is 7.05 Å². The minimum atomic E-state index is -4.38. The normalized spacial score (nSPS) is 12.9. The molecule has 0 saturated heterocycles. The number of carbonyl (C=O) groups is 1. The van der Waals surface area contributed by atoms with Crippen LogP contribution < -0.4 is 10.0 Å². The first-order valence-electron chi connectivity index (χ1n) is 7.32. The van der Waals surface area contributed by atoms with E-state index in [2.05, 4.69) is 10.0 Å². The van der Waals surface area contributed by atoms with Gasteiger partial charge >= 0.3 is 6.18 Å². The number of halogens is 6. The fourth-order valence-electron chi connectivity index (χ4n) is 2.05. The zero-order chi connectivity index (χ0) is 20.4. The van der Waals surface area contributed by atoms with Gasteiger partial charge in [0.15, 0.2) is 16.5 Å². The molecule has 1 atom stereocenters. The molecule has 0 aliphatic rings. The third-order valence-corrected chi connectivity index (χ3v) is 4.70. The van der Waals surface area contributed by atoms with Gasteiger partial charge in [-0.2, -0.15) is 13.2 Å². The summed E-state index contributed by atoms with van der Waals surface area (Å²) >= 11 is 3.54. The highest BCUT2D eigenvalue weighted by Crippen LogP contribution is 2.24. The average molecular weight is 430 g/mol. The highest BCUT2D eigenvalue weighted by molar-refractivity contribution is 7.89. The van der Waals surface area contributed by atoms with E-state index < -0.39 is 53.1 Å². The van der Waals surface area contributed by atoms with Gasteiger partial charge < -0.3 is 14.4 Å². The number of carbonyl (C=O) groups excluding carboxylic acids is 1. The number of alkyl halides is 3. The molecule has 1 aromatic heterocycles. The van der Waals surface area contributed by atoms with Crippen LogP contribution in [0.5, 0.6) is 0 Å². The lowest BCUT2D eigenvalue weighted by Gasteiger charge is -2.10. The maximum Gasteiger partial charge on any atom is 0.390 e. The Hall–Kier alpha value is -1.82. The van der Waals surface area contributed by atoms with Crippen LogP contribution in [0.1, 0.15) is 16.9 Å². The standard InChI is InChI=1S/C15H13ClF5N3O2S/c1-24-7-9(27(26)22-3-2-15(19,20)21)6-12(24)14(25)23-8-4-10(16)13(18)11(17)5-8/h4-7,22H,2-3H2,1H3,(H,23,25). The van der Waals surface area contributed by atoms with Crippen molar-refractivity contribution in [3.8, 4) is 0 Å². The van der Waals surface area contributed by atoms with Gasteiger partial charge in [-0.3, -0.25) is 4.79 Å². The second-order valence-corrected chi connectivity index (χ2v) is 7.11. The number of aromatic nitrogens is 1. The fourth-order valence-corrected chi connectivity index (χ4v) is 3.19. The molecule has 1 unspecified atom stereocenters. The van der Waals surface area contributed by atoms with Gasteiger partial charge in [-0.25, -0.2) is 8.78 Å². The monoisotopic (exact) mass is 429 g/mol. The molecule has 0 aliphatic heterocycles. The second kappa shape index (κ2) is 8.46. The zero-order valence-electron chi connectivity index (χ0n) is 13.7. The molecule has 0 radical (unpaired) electrons. The van der Waals surface area contributed by atoms with Crippen LogP contribution in [-0.2, 0) is 18.4 Å². The van der Waals surface area contributed by atoms with Gasteiger partial charge in [-0.1, -0.05) is 11.6 Å². The van der Waals surface area contributed by atoms with E-state index in [1.807, 2.05) is 0 Å². The largest absolute Gasteiger partial charge is 0.593 e. The van der Waals surface area contributed by atoms with Gasteiger partial charge in [-0.05, 0) is 6.07 Å². The third-order valence-electron chi connectivity index (χ3n) is 3.31. The van der Waals surface area contributed by atoms with Crippen LogP contribution in [0.3, 0.4) is 0 Å². The first-order valence-corrected chi connectivity index (χ1v) is 8.85. The number of amides is 1. The summed E-state index contributed by atoms with van der Waals surface area (Å²) in [5.41, 5.74) is -0.104. The molecule has 0 bridgehead atoms. The van der Waals surface area contributed by atoms with E-state index in [-0.39, 0.29) is 16.3 Å². The smallest absolute Gasteiger partial charge is 0.390 e. The van der Waals surface area contributed by atoms with Crippen molar-refractivity contribution >= 4 is 34.6 Å². The Morgan fingerprint density at radius 1 is 1.30 bits per heavy atom. The predicted octanol–water partition coefficient (Wildman–Crippen LogP) is 3.77. The Morgan fingerprint density at radius 2 is 1.96 bits per heavy atom. The molecule has 27 heavy (non-hydrogen) atoms. The Balaban J connectivity index is 2.07. The van der Waals surface area contributed by atoms with E-state index in [1.54, 1.807) is 0 Å². The van der Waals surface area contributed by atoms with Crippen molar-refractivity contribution in [1.82, 2.24) is 9.29 Å². The lowest BCUT2D eigenvalue weighted by atomic mass is 10.3. The molecule has 0 saturated carbocycles. The van der Waals surface area contributed by atoms with Crippen LogP contribution in [0.15, 0.2) is 29.3 Å². The second-order valence-electron chi connectivity index (χ2n) is 5.41. The highest BCUT2D eigenvalue weighted by atomic mass is 35.5. The number of aryl methyl sites for hydroxylation is 1. The van der Waals surface area contributed by atoms with Crippen molar-refractivity contribution in [3.05, 3.63) is 46.7 Å². The molecule has 2 rings (SSSR count). The molecule has 5 nitrogen and oxygen atoms in total. The Labute approximate surface area is 158 Å². The van der Waals surface area contributed by atoms with E-state index in [0.29, 0.717) is 0 Å². The first-order chi connectivity index (χ1) is 12.5. The van der Waals surface area contributed by atoms with Crippen LogP contribution in [-0.4, -0.2) is 27.7 Å². The summed E-state index contributed by atoms with van der Waals surface area (Å²) < 4.78 is 78.3. The third kappa shape index (κ3) is 5.83. The first kappa shape index (κ1) is 21.5. The van der Waals surface area contributed by atoms with Crippen molar-refractivity contribution in [2.45, 2.75) is 17.5 Å². The Kier molecular flexibility index (Phi) is 6.73. The zero-order valence-corrected chi connectivity index (χ0v) is 15.2. The number of hydrogen-bond donors (Lipinski definition) is 2. The maximum atomic E-state index is 13.3. The Bertz CT molecular complexity index is 820. The molecule has 0 aliphatic carbocycles. The fraction of sp³-hybridized carbons (Fsp3) is 0.267. The quantitative estimate of drug-likeness (QED) is 0.417. The summed E-state index contributed by atoms with van der Waals surface area (Å²) in [7, 11) is 1.45. The van der Waals surface area contributed by atoms with Crippen LogP contribution in [0.2, 0.25) is 5.02 Å². The number of nitrogens with one attached hydrogen (secondary N) is 2. The lowest BCUT2D eigenvalue weighted by molar-refractivity contribution is -0.132. The molecule has 1 amide bonds. The molecule has 12 heteroatoms. The molecular formula is C15H13ClF5N3O2S. The average Bonchev–Trinajstić information content (AvgIpc) is 2.93. The summed E-state index contributed by atoms with van der Waals surface area (Å²) in [6.45, 7) is -0.556. The van der Waals surface area contributed by atoms with Crippen LogP contribution in [0.25, 0.3) is 0 Å². The molecule has 2 aromatic rings. The summed E-state index contributed by atoms with van der Waals surface area (Å²) in [4.78, 5) is 12.3. The number of anilines is 1. The van der Waals surface area contributed by atoms with Crippen LogP contribution in [0.4, 0.5) is 27.6 Å². The summed E-state index contributed by atoms with van der Waals surface area (Å²) in [6, 6.07) is 2.95. The van der Waals surface area contributed by atoms with Crippen LogP contribution in [0, 0.1) is 11.6 Å². The number of hydrogen-bond acceptors (Lipinski definition) is 3. The number of benzene rings is 1. The minimum Gasteiger partial charge on any atom is -0.593 e. The molecule has 1 heterocycles.